The van der Waals surface area contributed by atoms with E-state index in [1.165, 1.54) is 55.0 Å². The van der Waals surface area contributed by atoms with Gasteiger partial charge in [-0.25, -0.2) is 0 Å². The highest BCUT2D eigenvalue weighted by atomic mass is 127. The zero-order valence-electron chi connectivity index (χ0n) is 48.9. The van der Waals surface area contributed by atoms with Crippen molar-refractivity contribution in [3.05, 3.63) is 136 Å². The van der Waals surface area contributed by atoms with Gasteiger partial charge < -0.3 is 72.9 Å². The van der Waals surface area contributed by atoms with Crippen LogP contribution in [-0.4, -0.2) is 83.1 Å². The molecular formula is C56H61IO15. The van der Waals surface area contributed by atoms with Crippen LogP contribution >= 0.6 is 22.6 Å². The molecule has 6 aromatic carbocycles. The summed E-state index contributed by atoms with van der Waals surface area (Å²) < 4.78 is 122. The highest BCUT2D eigenvalue weighted by molar-refractivity contribution is 14.1. The number of fused-ring (bicyclic) bond motifs is 4. The molecule has 0 spiro atoms. The first-order valence-corrected chi connectivity index (χ1v) is 24.1. The SMILES string of the molecule is CC[C@H]1Oc2ccc([C@H]3Oc4cc(O)cc(O)c4C[C@@H]3O)cc2O[C@@H]1c1ccc(O)c(OC)c1.[2H]C([2H])([2H])I.[2H]C([2H])([2H])Oc1ccc([C@H]2Oc3cc([C@H]4Oc5cc(C)cc(OC([2H])([2H])[2H])c5C[C@@H]4O)ccc3O[C@@H]2CC)cc1OC. The van der Waals surface area contributed by atoms with E-state index in [9.17, 15) is 25.5 Å². The topological polar surface area (TPSA) is 193 Å². The highest BCUT2D eigenvalue weighted by Crippen LogP contribution is 2.48. The maximum Gasteiger partial charge on any atom is 0.162 e. The van der Waals surface area contributed by atoms with Crippen LogP contribution in [0.4, 0.5) is 0 Å². The molecule has 5 N–H and O–H groups in total. The lowest BCUT2D eigenvalue weighted by Gasteiger charge is -2.36. The van der Waals surface area contributed by atoms with Crippen molar-refractivity contribution in [3.63, 3.8) is 0 Å². The molecule has 0 aromatic heterocycles. The fourth-order valence-electron chi connectivity index (χ4n) is 9.35. The van der Waals surface area contributed by atoms with Crippen molar-refractivity contribution in [2.45, 2.75) is 95.3 Å². The maximum absolute atomic E-state index is 11.1. The predicted molar refractivity (Wildman–Crippen MR) is 277 cm³/mol. The third kappa shape index (κ3) is 10.5. The summed E-state index contributed by atoms with van der Waals surface area (Å²) >= 11 is 1.38. The van der Waals surface area contributed by atoms with Gasteiger partial charge in [0.2, 0.25) is 0 Å². The lowest BCUT2D eigenvalue weighted by Crippen LogP contribution is -2.33. The van der Waals surface area contributed by atoms with E-state index in [0.717, 1.165) is 11.1 Å². The molecule has 72 heavy (non-hydrogen) atoms. The maximum atomic E-state index is 11.1. The zero-order valence-corrected chi connectivity index (χ0v) is 42.0. The smallest absolute Gasteiger partial charge is 0.162 e. The first-order chi connectivity index (χ1) is 38.1. The predicted octanol–water partition coefficient (Wildman–Crippen LogP) is 10.5. The molecule has 0 aliphatic carbocycles. The normalized spacial score (nSPS) is 24.5. The van der Waals surface area contributed by atoms with Crippen LogP contribution in [0.3, 0.4) is 0 Å². The van der Waals surface area contributed by atoms with Gasteiger partial charge in [0.1, 0.15) is 53.2 Å². The van der Waals surface area contributed by atoms with Gasteiger partial charge in [0.15, 0.2) is 58.2 Å². The second-order valence-corrected chi connectivity index (χ2v) is 17.5. The molecule has 4 aliphatic heterocycles. The van der Waals surface area contributed by atoms with Gasteiger partial charge in [0.05, 0.1) is 48.7 Å². The number of aliphatic hydroxyl groups is 2. The Morgan fingerprint density at radius 2 is 0.986 bits per heavy atom. The standard InChI is InChI=1S/C29H32O7.C26H26O8.CH3I/c1-6-21-29(18-7-9-22(31-3)26(13-18)33-5)36-27-14-17(8-10-23(27)34-21)28-20(30)15-19-24(32-4)11-16(2)12-25(19)35-28;1-3-20-26(14-4-6-17(28)23(8-14)31-2)34-24-9-13(5-7-21(24)32-20)25-19(30)12-16-18(29)10-15(27)11-22(16)33-25;1-2/h7-14,20-21,28-30H,6,15H2,1-5H3;4-11,19-20,25-30H,3,12H2,1-2H3;1H3/t20-,21+,28+,29+;19-,20+,25+,26+;/m00./s1/i3D3,4D3;;1D3. The summed E-state index contributed by atoms with van der Waals surface area (Å²) in [6, 6.07) is 26.7. The van der Waals surface area contributed by atoms with E-state index in [-0.39, 0.29) is 59.5 Å². The van der Waals surface area contributed by atoms with E-state index in [2.05, 4.69) is 0 Å². The summed E-state index contributed by atoms with van der Waals surface area (Å²) in [6.07, 6.45) is -3.32. The number of phenolic OH excluding ortho intramolecular Hbond substituents is 3. The van der Waals surface area contributed by atoms with Gasteiger partial charge in [-0.3, -0.25) is 0 Å². The Hall–Kier alpha value is -6.63. The van der Waals surface area contributed by atoms with Gasteiger partial charge in [-0.05, 0) is 102 Å². The van der Waals surface area contributed by atoms with Gasteiger partial charge in [-0.1, -0.05) is 60.7 Å². The van der Waals surface area contributed by atoms with Crippen LogP contribution in [0.25, 0.3) is 0 Å². The number of methoxy groups -OCH3 is 4. The monoisotopic (exact) mass is 1110 g/mol. The number of ether oxygens (including phenoxy) is 10. The van der Waals surface area contributed by atoms with Crippen LogP contribution in [0.5, 0.6) is 74.7 Å². The Morgan fingerprint density at radius 1 is 0.500 bits per heavy atom. The van der Waals surface area contributed by atoms with E-state index in [1.807, 2.05) is 13.8 Å². The Kier molecular flexibility index (Phi) is 12.7. The molecule has 16 heteroatoms. The number of benzene rings is 6. The van der Waals surface area contributed by atoms with Gasteiger partial charge in [-0.15, -0.1) is 0 Å². The van der Waals surface area contributed by atoms with Gasteiger partial charge in [-0.2, -0.15) is 0 Å². The number of hydrogen-bond donors (Lipinski definition) is 5. The molecule has 0 saturated carbocycles. The van der Waals surface area contributed by atoms with Gasteiger partial charge >= 0.3 is 0 Å². The third-order valence-electron chi connectivity index (χ3n) is 12.9. The van der Waals surface area contributed by atoms with Gasteiger partial charge in [0.25, 0.3) is 0 Å². The lowest BCUT2D eigenvalue weighted by atomic mass is 9.93. The van der Waals surface area contributed by atoms with E-state index in [0.29, 0.717) is 80.9 Å². The number of alkyl halides is 1. The Labute approximate surface area is 445 Å². The van der Waals surface area contributed by atoms with Crippen molar-refractivity contribution < 1.29 is 85.2 Å². The van der Waals surface area contributed by atoms with Crippen molar-refractivity contribution in [1.29, 1.82) is 0 Å². The number of aliphatic hydroxyl groups excluding tert-OH is 2. The summed E-state index contributed by atoms with van der Waals surface area (Å²) in [5.41, 5.74) is 4.50. The van der Waals surface area contributed by atoms with Crippen molar-refractivity contribution in [1.82, 2.24) is 0 Å². The number of hydrogen-bond acceptors (Lipinski definition) is 15. The molecular weight excluding hydrogens is 1040 g/mol. The van der Waals surface area contributed by atoms with E-state index >= 15 is 0 Å². The first-order valence-electron chi connectivity index (χ1n) is 27.6. The van der Waals surface area contributed by atoms with Crippen molar-refractivity contribution in [3.8, 4) is 74.7 Å². The van der Waals surface area contributed by atoms with Crippen LogP contribution < -0.4 is 47.4 Å². The number of phenols is 3. The van der Waals surface area contributed by atoms with E-state index in [1.54, 1.807) is 85.8 Å². The molecule has 382 valence electrons. The molecule has 8 atom stereocenters. The average Bonchev–Trinajstić information content (AvgIpc) is 3.44. The third-order valence-corrected chi connectivity index (χ3v) is 12.9. The summed E-state index contributed by atoms with van der Waals surface area (Å²) in [7, 11) is -2.35. The lowest BCUT2D eigenvalue weighted by molar-refractivity contribution is 0.0124. The minimum atomic E-state index is -2.64. The molecule has 0 saturated heterocycles. The quantitative estimate of drug-likeness (QED) is 0.0642. The van der Waals surface area contributed by atoms with Crippen LogP contribution in [0.2, 0.25) is 0 Å². The number of aromatic hydroxyl groups is 3. The Bertz CT molecular complexity index is 3210. The van der Waals surface area contributed by atoms with Crippen molar-refractivity contribution >= 4 is 22.6 Å². The van der Waals surface area contributed by atoms with Crippen LogP contribution in [-0.2, 0) is 12.8 Å². The van der Waals surface area contributed by atoms with Crippen LogP contribution in [0.15, 0.2) is 97.1 Å². The molecule has 6 aromatic rings. The number of halogens is 1. The molecule has 0 bridgehead atoms. The molecule has 15 nitrogen and oxygen atoms in total. The summed E-state index contributed by atoms with van der Waals surface area (Å²) in [6.45, 7) is 5.79. The summed E-state index contributed by atoms with van der Waals surface area (Å²) in [5.74, 6) is 3.46. The number of rotatable bonds is 10. The molecule has 4 aliphatic rings. The molecule has 0 radical (unpaired) electrons. The molecule has 4 heterocycles. The fraction of sp³-hybridized carbons (Fsp3) is 0.357. The van der Waals surface area contributed by atoms with Gasteiger partial charge in [0, 0.05) is 51.3 Å². The minimum absolute atomic E-state index is 0.0412. The summed E-state index contributed by atoms with van der Waals surface area (Å²) in [4.78, 5) is -1.78. The minimum Gasteiger partial charge on any atom is -0.508 e. The highest BCUT2D eigenvalue weighted by Gasteiger charge is 2.38. The zero-order chi connectivity index (χ0) is 58.9. The Balaban J connectivity index is 0.000000200. The number of aryl methyl sites for hydroxylation is 1. The van der Waals surface area contributed by atoms with E-state index < -0.39 is 55.6 Å². The molecule has 10 rings (SSSR count). The Morgan fingerprint density at radius 3 is 1.54 bits per heavy atom. The van der Waals surface area contributed by atoms with E-state index in [4.69, 9.17) is 59.7 Å². The molecule has 0 fully saturated rings. The first kappa shape index (κ1) is 40.9. The summed E-state index contributed by atoms with van der Waals surface area (Å²) in [5, 5.41) is 51.7. The molecule has 0 unspecified atom stereocenters. The second-order valence-electron chi connectivity index (χ2n) is 17.5. The van der Waals surface area contributed by atoms with Crippen molar-refractivity contribution in [2.24, 2.45) is 0 Å². The van der Waals surface area contributed by atoms with Crippen LogP contribution in [0, 0.1) is 6.92 Å². The largest absolute Gasteiger partial charge is 0.508 e. The second kappa shape index (κ2) is 22.4. The fourth-order valence-corrected chi connectivity index (χ4v) is 9.35. The molecule has 0 amide bonds. The van der Waals surface area contributed by atoms with Crippen molar-refractivity contribution in [2.75, 3.05) is 33.2 Å². The average molecular weight is 1110 g/mol. The van der Waals surface area contributed by atoms with Crippen LogP contribution in [0.1, 0.15) is 102 Å².